The predicted molar refractivity (Wildman–Crippen MR) is 72.0 cm³/mol. The molecule has 0 saturated carbocycles. The molecule has 0 saturated heterocycles. The number of hydrogen-bond donors (Lipinski definition) is 0. The average Bonchev–Trinajstić information content (AvgIpc) is 2.85. The number of nitrogens with zero attached hydrogens (tertiary/aromatic N) is 3. The maximum Gasteiger partial charge on any atom is 0.243 e. The van der Waals surface area contributed by atoms with Crippen molar-refractivity contribution in [2.24, 2.45) is 0 Å². The van der Waals surface area contributed by atoms with Gasteiger partial charge in [-0.1, -0.05) is 23.4 Å². The number of aromatic nitrogens is 2. The van der Waals surface area contributed by atoms with Crippen LogP contribution >= 0.6 is 0 Å². The summed E-state index contributed by atoms with van der Waals surface area (Å²) in [7, 11) is 2.01. The lowest BCUT2D eigenvalue weighted by Crippen LogP contribution is -2.27. The fourth-order valence-electron chi connectivity index (χ4n) is 1.69. The maximum absolute atomic E-state index is 5.66. The molecular weight excluding hydrogens is 242 g/mol. The number of para-hydroxylation sites is 1. The Morgan fingerprint density at radius 2 is 2.05 bits per heavy atom. The van der Waals surface area contributed by atoms with E-state index in [-0.39, 0.29) is 6.04 Å². The minimum atomic E-state index is 0.0839. The first kappa shape index (κ1) is 13.5. The molecule has 0 spiro atoms. The van der Waals surface area contributed by atoms with Crippen molar-refractivity contribution in [1.82, 2.24) is 15.0 Å². The molecule has 2 aromatic rings. The first-order valence-corrected chi connectivity index (χ1v) is 6.35. The van der Waals surface area contributed by atoms with E-state index in [1.54, 1.807) is 0 Å². The number of benzene rings is 1. The second kappa shape index (κ2) is 6.33. The van der Waals surface area contributed by atoms with Crippen LogP contribution < -0.4 is 4.74 Å². The van der Waals surface area contributed by atoms with Crippen LogP contribution in [-0.2, 0) is 0 Å². The minimum absolute atomic E-state index is 0.0839. The van der Waals surface area contributed by atoms with E-state index in [0.29, 0.717) is 18.3 Å². The van der Waals surface area contributed by atoms with E-state index in [9.17, 15) is 0 Å². The molecule has 19 heavy (non-hydrogen) atoms. The predicted octanol–water partition coefficient (Wildman–Crippen LogP) is 2.45. The summed E-state index contributed by atoms with van der Waals surface area (Å²) >= 11 is 0. The SMILES string of the molecule is Cc1noc(C(C)N(C)CCOc2ccccc2)n1. The molecule has 0 aliphatic carbocycles. The van der Waals surface area contributed by atoms with Crippen LogP contribution in [0.3, 0.4) is 0 Å². The molecule has 1 aromatic heterocycles. The Hall–Kier alpha value is -1.88. The van der Waals surface area contributed by atoms with Crippen molar-refractivity contribution in [3.8, 4) is 5.75 Å². The lowest BCUT2D eigenvalue weighted by molar-refractivity contribution is 0.174. The zero-order valence-corrected chi connectivity index (χ0v) is 11.5. The van der Waals surface area contributed by atoms with Crippen molar-refractivity contribution >= 4 is 0 Å². The molecule has 0 aliphatic rings. The molecule has 102 valence electrons. The van der Waals surface area contributed by atoms with Crippen molar-refractivity contribution in [1.29, 1.82) is 0 Å². The van der Waals surface area contributed by atoms with Crippen LogP contribution in [0.1, 0.15) is 24.7 Å². The first-order valence-electron chi connectivity index (χ1n) is 6.35. The molecule has 0 fully saturated rings. The maximum atomic E-state index is 5.66. The molecular formula is C14H19N3O2. The highest BCUT2D eigenvalue weighted by Gasteiger charge is 2.17. The molecule has 0 aliphatic heterocycles. The third-order valence-electron chi connectivity index (χ3n) is 3.02. The third-order valence-corrected chi connectivity index (χ3v) is 3.02. The summed E-state index contributed by atoms with van der Waals surface area (Å²) in [6.07, 6.45) is 0. The second-order valence-corrected chi connectivity index (χ2v) is 4.50. The Labute approximate surface area is 113 Å². The highest BCUT2D eigenvalue weighted by atomic mass is 16.5. The molecule has 0 radical (unpaired) electrons. The van der Waals surface area contributed by atoms with Crippen molar-refractivity contribution in [3.63, 3.8) is 0 Å². The van der Waals surface area contributed by atoms with E-state index in [4.69, 9.17) is 9.26 Å². The van der Waals surface area contributed by atoms with Gasteiger partial charge in [-0.3, -0.25) is 4.90 Å². The van der Waals surface area contributed by atoms with E-state index < -0.39 is 0 Å². The van der Waals surface area contributed by atoms with Gasteiger partial charge in [0.2, 0.25) is 5.89 Å². The van der Waals surface area contributed by atoms with Gasteiger partial charge < -0.3 is 9.26 Å². The first-order chi connectivity index (χ1) is 9.16. The molecule has 1 aromatic carbocycles. The molecule has 2 rings (SSSR count). The van der Waals surface area contributed by atoms with Gasteiger partial charge in [0.15, 0.2) is 5.82 Å². The zero-order valence-electron chi connectivity index (χ0n) is 11.5. The summed E-state index contributed by atoms with van der Waals surface area (Å²) in [4.78, 5) is 6.36. The highest BCUT2D eigenvalue weighted by Crippen LogP contribution is 2.16. The molecule has 0 N–H and O–H groups in total. The summed E-state index contributed by atoms with van der Waals surface area (Å²) in [5.41, 5.74) is 0. The summed E-state index contributed by atoms with van der Waals surface area (Å²) in [6, 6.07) is 9.88. The molecule has 1 heterocycles. The van der Waals surface area contributed by atoms with Crippen LogP contribution in [0, 0.1) is 6.92 Å². The monoisotopic (exact) mass is 261 g/mol. The van der Waals surface area contributed by atoms with Crippen molar-refractivity contribution in [3.05, 3.63) is 42.0 Å². The summed E-state index contributed by atoms with van der Waals surface area (Å²) in [6.45, 7) is 5.27. The lowest BCUT2D eigenvalue weighted by Gasteiger charge is -2.21. The van der Waals surface area contributed by atoms with Crippen LogP contribution in [0.5, 0.6) is 5.75 Å². The number of ether oxygens (including phenoxy) is 1. The molecule has 5 nitrogen and oxygen atoms in total. The number of aryl methyl sites for hydroxylation is 1. The molecule has 5 heteroatoms. The van der Waals surface area contributed by atoms with Gasteiger partial charge in [-0.2, -0.15) is 4.98 Å². The average molecular weight is 261 g/mol. The van der Waals surface area contributed by atoms with Crippen LogP contribution in [0.4, 0.5) is 0 Å². The van der Waals surface area contributed by atoms with E-state index in [0.717, 1.165) is 12.3 Å². The van der Waals surface area contributed by atoms with Crippen molar-refractivity contribution < 1.29 is 9.26 Å². The Bertz CT molecular complexity index is 498. The number of likely N-dealkylation sites (N-methyl/N-ethyl adjacent to an activating group) is 1. The van der Waals surface area contributed by atoms with E-state index in [1.165, 1.54) is 0 Å². The number of rotatable bonds is 6. The third kappa shape index (κ3) is 3.79. The van der Waals surface area contributed by atoms with Gasteiger partial charge >= 0.3 is 0 Å². The van der Waals surface area contributed by atoms with Gasteiger partial charge in [-0.05, 0) is 33.0 Å². The summed E-state index contributed by atoms with van der Waals surface area (Å²) in [5.74, 6) is 2.19. The fourth-order valence-corrected chi connectivity index (χ4v) is 1.69. The van der Waals surface area contributed by atoms with Crippen LogP contribution in [0.25, 0.3) is 0 Å². The molecule has 1 atom stereocenters. The summed E-state index contributed by atoms with van der Waals surface area (Å²) in [5, 5.41) is 3.80. The van der Waals surface area contributed by atoms with Gasteiger partial charge in [0.25, 0.3) is 0 Å². The smallest absolute Gasteiger partial charge is 0.243 e. The number of hydrogen-bond acceptors (Lipinski definition) is 5. The van der Waals surface area contributed by atoms with E-state index in [1.807, 2.05) is 51.2 Å². The Morgan fingerprint density at radius 1 is 1.32 bits per heavy atom. The van der Waals surface area contributed by atoms with Crippen LogP contribution in [0.2, 0.25) is 0 Å². The quantitative estimate of drug-likeness (QED) is 0.799. The van der Waals surface area contributed by atoms with Gasteiger partial charge in [-0.15, -0.1) is 0 Å². The second-order valence-electron chi connectivity index (χ2n) is 4.50. The largest absolute Gasteiger partial charge is 0.492 e. The van der Waals surface area contributed by atoms with Crippen molar-refractivity contribution in [2.75, 3.05) is 20.2 Å². The van der Waals surface area contributed by atoms with Gasteiger partial charge in [-0.25, -0.2) is 0 Å². The van der Waals surface area contributed by atoms with Gasteiger partial charge in [0.05, 0.1) is 6.04 Å². The fraction of sp³-hybridized carbons (Fsp3) is 0.429. The Balaban J connectivity index is 1.79. The molecule has 0 amide bonds. The minimum Gasteiger partial charge on any atom is -0.492 e. The van der Waals surface area contributed by atoms with Crippen molar-refractivity contribution in [2.45, 2.75) is 19.9 Å². The Kier molecular flexibility index (Phi) is 4.52. The summed E-state index contributed by atoms with van der Waals surface area (Å²) < 4.78 is 10.8. The standard InChI is InChI=1S/C14H19N3O2/c1-11(14-15-12(2)16-19-14)17(3)9-10-18-13-7-5-4-6-8-13/h4-8,11H,9-10H2,1-3H3. The Morgan fingerprint density at radius 3 is 2.68 bits per heavy atom. The normalized spacial score (nSPS) is 12.6. The van der Waals surface area contributed by atoms with Gasteiger partial charge in [0, 0.05) is 6.54 Å². The lowest BCUT2D eigenvalue weighted by atomic mass is 10.3. The van der Waals surface area contributed by atoms with E-state index in [2.05, 4.69) is 15.0 Å². The van der Waals surface area contributed by atoms with Crippen LogP contribution in [0.15, 0.2) is 34.9 Å². The topological polar surface area (TPSA) is 51.4 Å². The van der Waals surface area contributed by atoms with Gasteiger partial charge in [0.1, 0.15) is 12.4 Å². The van der Waals surface area contributed by atoms with Crippen LogP contribution in [-0.4, -0.2) is 35.2 Å². The van der Waals surface area contributed by atoms with E-state index >= 15 is 0 Å². The highest BCUT2D eigenvalue weighted by molar-refractivity contribution is 5.20. The molecule has 1 unspecified atom stereocenters. The molecule has 0 bridgehead atoms. The zero-order chi connectivity index (χ0) is 13.7.